The van der Waals surface area contributed by atoms with Gasteiger partial charge in [0.05, 0.1) is 0 Å². The van der Waals surface area contributed by atoms with E-state index >= 15 is 0 Å². The van der Waals surface area contributed by atoms with Crippen molar-refractivity contribution in [1.29, 1.82) is 0 Å². The summed E-state index contributed by atoms with van der Waals surface area (Å²) in [5.74, 6) is -1.16. The molecule has 0 aromatic heterocycles. The maximum Gasteiger partial charge on any atom is 1.00 e. The van der Waals surface area contributed by atoms with Crippen LogP contribution >= 0.6 is 0 Å². The van der Waals surface area contributed by atoms with E-state index in [-0.39, 0.29) is 40.5 Å². The van der Waals surface area contributed by atoms with Crippen molar-refractivity contribution in [2.45, 2.75) is 18.7 Å². The molecule has 3 amide bonds. The van der Waals surface area contributed by atoms with Crippen molar-refractivity contribution < 1.29 is 66.4 Å². The summed E-state index contributed by atoms with van der Waals surface area (Å²) in [7, 11) is -5.13. The van der Waals surface area contributed by atoms with E-state index in [1.54, 1.807) is 30.3 Å². The minimum absolute atomic E-state index is 0. The van der Waals surface area contributed by atoms with Gasteiger partial charge >= 0.3 is 41.7 Å². The molecule has 1 fully saturated rings. The van der Waals surface area contributed by atoms with E-state index in [2.05, 4.69) is 10.1 Å². The van der Waals surface area contributed by atoms with Crippen molar-refractivity contribution in [3.63, 3.8) is 0 Å². The molecule has 1 aliphatic rings. The van der Waals surface area contributed by atoms with E-state index in [9.17, 15) is 27.4 Å². The zero-order valence-corrected chi connectivity index (χ0v) is 16.5. The molecular formula is C13H14N3NaO8S. The van der Waals surface area contributed by atoms with Gasteiger partial charge in [0, 0.05) is 0 Å². The topological polar surface area (TPSA) is 168 Å². The van der Waals surface area contributed by atoms with Crippen molar-refractivity contribution in [3.8, 4) is 0 Å². The Kier molecular flexibility index (Phi) is 7.84. The van der Waals surface area contributed by atoms with Crippen LogP contribution in [0.4, 0.5) is 9.59 Å². The third-order valence-corrected chi connectivity index (χ3v) is 4.23. The average molecular weight is 395 g/mol. The van der Waals surface area contributed by atoms with Crippen LogP contribution in [0.1, 0.15) is 5.56 Å². The first-order valence-electron chi connectivity index (χ1n) is 6.88. The van der Waals surface area contributed by atoms with E-state index in [0.29, 0.717) is 5.56 Å². The predicted molar refractivity (Wildman–Crippen MR) is 79.4 cm³/mol. The Morgan fingerprint density at radius 1 is 1.23 bits per heavy atom. The monoisotopic (exact) mass is 395 g/mol. The molecule has 2 rings (SSSR count). The van der Waals surface area contributed by atoms with Crippen molar-refractivity contribution in [3.05, 3.63) is 35.9 Å². The maximum atomic E-state index is 11.8. The quantitative estimate of drug-likeness (QED) is 0.279. The van der Waals surface area contributed by atoms with Crippen LogP contribution in [0.15, 0.2) is 30.3 Å². The molecule has 2 atom stereocenters. The number of rotatable bonds is 6. The summed E-state index contributed by atoms with van der Waals surface area (Å²) in [6, 6.07) is 5.87. The second kappa shape index (κ2) is 9.19. The summed E-state index contributed by atoms with van der Waals surface area (Å²) in [4.78, 5) is 34.1. The summed E-state index contributed by atoms with van der Waals surface area (Å²) in [5.41, 5.74) is 5.45. The van der Waals surface area contributed by atoms with Crippen LogP contribution in [-0.2, 0) is 31.2 Å². The van der Waals surface area contributed by atoms with E-state index in [1.165, 1.54) is 0 Å². The number of amides is 3. The number of hydrogen-bond acceptors (Lipinski definition) is 8. The number of nitrogens with one attached hydrogen (secondary N) is 1. The number of β-lactam (4-membered cyclic amide) rings is 1. The fraction of sp³-hybridized carbons (Fsp3) is 0.308. The summed E-state index contributed by atoms with van der Waals surface area (Å²) in [5, 5.41) is 2.12. The molecule has 3 N–H and O–H groups in total. The van der Waals surface area contributed by atoms with Gasteiger partial charge in [-0.3, -0.25) is 4.79 Å². The van der Waals surface area contributed by atoms with Crippen LogP contribution in [0.25, 0.3) is 0 Å². The first-order valence-corrected chi connectivity index (χ1v) is 8.25. The molecule has 1 heterocycles. The van der Waals surface area contributed by atoms with Crippen LogP contribution < -0.4 is 40.6 Å². The molecular weight excluding hydrogens is 381 g/mol. The number of benzene rings is 1. The number of carbonyl (C=O) groups excluding carboxylic acids is 3. The number of nitrogens with two attached hydrogens (primary N) is 1. The molecule has 0 spiro atoms. The molecule has 0 radical (unpaired) electrons. The van der Waals surface area contributed by atoms with Gasteiger partial charge in [-0.05, 0) is 5.56 Å². The minimum atomic E-state index is -5.13. The zero-order chi connectivity index (χ0) is 18.6. The molecule has 11 nitrogen and oxygen atoms in total. The number of ether oxygens (including phenoxy) is 2. The van der Waals surface area contributed by atoms with Crippen molar-refractivity contribution in [2.75, 3.05) is 6.61 Å². The summed E-state index contributed by atoms with van der Waals surface area (Å²) in [6.07, 6.45) is -2.23. The fourth-order valence-corrected chi connectivity index (χ4v) is 3.02. The minimum Gasteiger partial charge on any atom is -0.731 e. The predicted octanol–water partition coefficient (Wildman–Crippen LogP) is -3.95. The van der Waals surface area contributed by atoms with E-state index in [0.717, 1.165) is 0 Å². The smallest absolute Gasteiger partial charge is 0.731 e. The van der Waals surface area contributed by atoms with Gasteiger partial charge in [-0.2, -0.15) is 0 Å². The Morgan fingerprint density at radius 2 is 1.85 bits per heavy atom. The first kappa shape index (κ1) is 22.2. The molecule has 136 valence electrons. The number of primary amides is 1. The largest absolute Gasteiger partial charge is 1.00 e. The molecule has 13 heteroatoms. The number of alkyl carbamates (subject to hydrolysis) is 1. The Morgan fingerprint density at radius 3 is 2.38 bits per heavy atom. The SMILES string of the molecule is NC(=O)OC[C@@H]1[C@@H](NC(=O)OCc2ccccc2)C(=O)N1S(=O)(=O)[O-].[Na+]. The number of nitrogens with zero attached hydrogens (tertiary/aromatic N) is 1. The van der Waals surface area contributed by atoms with Gasteiger partial charge in [0.1, 0.15) is 25.3 Å². The van der Waals surface area contributed by atoms with Crippen molar-refractivity contribution in [2.24, 2.45) is 5.73 Å². The van der Waals surface area contributed by atoms with Crippen molar-refractivity contribution in [1.82, 2.24) is 9.62 Å². The number of carbonyl (C=O) groups is 3. The van der Waals surface area contributed by atoms with Crippen LogP contribution in [0.5, 0.6) is 0 Å². The molecule has 1 saturated heterocycles. The Bertz CT molecular complexity index is 773. The van der Waals surface area contributed by atoms with Crippen LogP contribution in [0, 0.1) is 0 Å². The third kappa shape index (κ3) is 5.57. The Balaban J connectivity index is 0.00000338. The normalized spacial score (nSPS) is 19.0. The zero-order valence-electron chi connectivity index (χ0n) is 13.7. The average Bonchev–Trinajstić information content (AvgIpc) is 2.53. The van der Waals surface area contributed by atoms with E-state index < -0.39 is 47.1 Å². The van der Waals surface area contributed by atoms with E-state index in [1.807, 2.05) is 0 Å². The summed E-state index contributed by atoms with van der Waals surface area (Å²) in [6.45, 7) is -0.758. The van der Waals surface area contributed by atoms with E-state index in [4.69, 9.17) is 10.5 Å². The molecule has 0 unspecified atom stereocenters. The van der Waals surface area contributed by atoms with Crippen LogP contribution in [0.2, 0.25) is 0 Å². The second-order valence-corrected chi connectivity index (χ2v) is 6.22. The van der Waals surface area contributed by atoms with Gasteiger partial charge in [-0.15, -0.1) is 0 Å². The molecule has 1 aromatic carbocycles. The molecule has 1 aromatic rings. The Labute approximate surface area is 171 Å². The number of hydrogen-bond donors (Lipinski definition) is 2. The maximum absolute atomic E-state index is 11.8. The molecule has 0 aliphatic carbocycles. The van der Waals surface area contributed by atoms with Crippen molar-refractivity contribution >= 4 is 28.4 Å². The molecule has 0 saturated carbocycles. The standard InChI is InChI=1S/C13H15N3O8S.Na/c14-12(18)23-7-9-10(11(17)16(9)25(20,21)22)15-13(19)24-6-8-4-2-1-3-5-8;/h1-5,9-10H,6-7H2,(H2,14,18)(H,15,19)(H,20,21,22);/q;+1/p-1/t9-,10-;/m1./s1. The summed E-state index contributed by atoms with van der Waals surface area (Å²) < 4.78 is 42.4. The van der Waals surface area contributed by atoms with Gasteiger partial charge in [0.25, 0.3) is 5.91 Å². The van der Waals surface area contributed by atoms with Crippen LogP contribution in [-0.4, -0.2) is 54.1 Å². The fourth-order valence-electron chi connectivity index (χ4n) is 2.18. The third-order valence-electron chi connectivity index (χ3n) is 3.29. The van der Waals surface area contributed by atoms with Gasteiger partial charge < -0.3 is 25.1 Å². The summed E-state index contributed by atoms with van der Waals surface area (Å²) >= 11 is 0. The molecule has 26 heavy (non-hydrogen) atoms. The van der Waals surface area contributed by atoms with Gasteiger partial charge in [-0.25, -0.2) is 22.3 Å². The van der Waals surface area contributed by atoms with Crippen LogP contribution in [0.3, 0.4) is 0 Å². The molecule has 0 bridgehead atoms. The van der Waals surface area contributed by atoms with Gasteiger partial charge in [0.2, 0.25) is 0 Å². The van der Waals surface area contributed by atoms with Gasteiger partial charge in [0.15, 0.2) is 10.3 Å². The second-order valence-electron chi connectivity index (χ2n) is 4.97. The first-order chi connectivity index (χ1) is 11.7. The molecule has 1 aliphatic heterocycles. The van der Waals surface area contributed by atoms with Gasteiger partial charge in [-0.1, -0.05) is 30.3 Å². The Hall–Kier alpha value is -1.86.